The van der Waals surface area contributed by atoms with Gasteiger partial charge in [0.2, 0.25) is 0 Å². The van der Waals surface area contributed by atoms with Crippen LogP contribution in [0.5, 0.6) is 0 Å². The molecule has 0 bridgehead atoms. The van der Waals surface area contributed by atoms with Gasteiger partial charge < -0.3 is 15.1 Å². The van der Waals surface area contributed by atoms with Crippen LogP contribution in [-0.4, -0.2) is 43.5 Å². The van der Waals surface area contributed by atoms with Crippen LogP contribution in [0.2, 0.25) is 5.02 Å². The Kier molecular flexibility index (Phi) is 6.83. The average Bonchev–Trinajstić information content (AvgIpc) is 2.69. The summed E-state index contributed by atoms with van der Waals surface area (Å²) in [6.07, 6.45) is 0. The molecule has 3 rings (SSSR count). The number of amides is 1. The zero-order chi connectivity index (χ0) is 19.2. The van der Waals surface area contributed by atoms with Crippen molar-refractivity contribution in [1.29, 1.82) is 0 Å². The zero-order valence-electron chi connectivity index (χ0n) is 15.6. The summed E-state index contributed by atoms with van der Waals surface area (Å²) in [4.78, 5) is 15.8. The lowest BCUT2D eigenvalue weighted by Gasteiger charge is -2.32. The molecule has 1 aliphatic rings. The molecule has 0 spiro atoms. The Bertz CT molecular complexity index is 760. The molecule has 144 valence electrons. The molecule has 0 saturated carbocycles. The van der Waals surface area contributed by atoms with Gasteiger partial charge in [-0.2, -0.15) is 0 Å². The number of piperazine rings is 1. The molecule has 1 fully saturated rings. The molecular weight excluding hydrogens is 365 g/mol. The number of carbonyl (C=O) groups excluding carboxylic acids is 1. The summed E-state index contributed by atoms with van der Waals surface area (Å²) < 4.78 is 13.8. The first-order valence-electron chi connectivity index (χ1n) is 9.46. The first-order chi connectivity index (χ1) is 13.0. The normalized spacial score (nSPS) is 16.3. The van der Waals surface area contributed by atoms with Gasteiger partial charge in [0.15, 0.2) is 6.54 Å². The third-order valence-electron chi connectivity index (χ3n) is 5.26. The predicted molar refractivity (Wildman–Crippen MR) is 104 cm³/mol. The summed E-state index contributed by atoms with van der Waals surface area (Å²) in [6.45, 7) is 6.37. The van der Waals surface area contributed by atoms with E-state index in [1.165, 1.54) is 11.0 Å². The standard InChI is InChI=1S/C21H25ClFN3O/c1-16(17-6-8-19(22)9-7-17)24-14-21(27)26-12-10-25(11-13-26)15-18-4-2-3-5-20(18)23/h2-9,16,24H,10-15H2,1H3/p+2/t16-/m0/s1. The molecule has 1 atom stereocenters. The number of nitrogens with one attached hydrogen (secondary N) is 1. The highest BCUT2D eigenvalue weighted by Crippen LogP contribution is 2.13. The van der Waals surface area contributed by atoms with Crippen LogP contribution in [0.25, 0.3) is 0 Å². The number of benzene rings is 2. The van der Waals surface area contributed by atoms with Gasteiger partial charge in [-0.25, -0.2) is 4.39 Å². The van der Waals surface area contributed by atoms with Crippen LogP contribution >= 0.6 is 11.6 Å². The van der Waals surface area contributed by atoms with Crippen LogP contribution in [0.15, 0.2) is 48.5 Å². The fourth-order valence-electron chi connectivity index (χ4n) is 3.47. The van der Waals surface area contributed by atoms with Crippen molar-refractivity contribution in [3.05, 3.63) is 70.5 Å². The molecular formula is C21H27ClFN3O+2. The Morgan fingerprint density at radius 3 is 2.52 bits per heavy atom. The second-order valence-corrected chi connectivity index (χ2v) is 7.62. The lowest BCUT2D eigenvalue weighted by molar-refractivity contribution is -0.917. The molecule has 2 aromatic rings. The highest BCUT2D eigenvalue weighted by atomic mass is 35.5. The average molecular weight is 392 g/mol. The van der Waals surface area contributed by atoms with Crippen molar-refractivity contribution in [2.45, 2.75) is 19.5 Å². The third kappa shape index (κ3) is 5.51. The van der Waals surface area contributed by atoms with E-state index in [1.807, 2.05) is 41.3 Å². The molecule has 2 aromatic carbocycles. The van der Waals surface area contributed by atoms with E-state index < -0.39 is 0 Å². The molecule has 1 heterocycles. The number of nitrogens with zero attached hydrogens (tertiary/aromatic N) is 1. The van der Waals surface area contributed by atoms with Crippen molar-refractivity contribution in [2.24, 2.45) is 0 Å². The Morgan fingerprint density at radius 2 is 1.85 bits per heavy atom. The molecule has 0 unspecified atom stereocenters. The molecule has 3 N–H and O–H groups in total. The number of hydrogen-bond donors (Lipinski definition) is 2. The molecule has 0 aliphatic carbocycles. The van der Waals surface area contributed by atoms with Crippen LogP contribution in [0.3, 0.4) is 0 Å². The number of hydrogen-bond acceptors (Lipinski definition) is 1. The second-order valence-electron chi connectivity index (χ2n) is 7.18. The summed E-state index contributed by atoms with van der Waals surface area (Å²) in [7, 11) is 0. The molecule has 1 amide bonds. The van der Waals surface area contributed by atoms with Gasteiger partial charge in [-0.3, -0.25) is 4.79 Å². The van der Waals surface area contributed by atoms with E-state index in [9.17, 15) is 9.18 Å². The Labute approximate surface area is 164 Å². The topological polar surface area (TPSA) is 41.4 Å². The maximum Gasteiger partial charge on any atom is 0.278 e. The van der Waals surface area contributed by atoms with Crippen LogP contribution in [0.4, 0.5) is 4.39 Å². The summed E-state index contributed by atoms with van der Waals surface area (Å²) in [5.41, 5.74) is 1.91. The first kappa shape index (κ1) is 19.8. The van der Waals surface area contributed by atoms with Crippen LogP contribution in [-0.2, 0) is 11.3 Å². The van der Waals surface area contributed by atoms with E-state index in [1.54, 1.807) is 6.07 Å². The van der Waals surface area contributed by atoms with Crippen molar-refractivity contribution >= 4 is 17.5 Å². The van der Waals surface area contributed by atoms with Crippen LogP contribution < -0.4 is 10.2 Å². The maximum atomic E-state index is 13.8. The van der Waals surface area contributed by atoms with Crippen molar-refractivity contribution in [3.63, 3.8) is 0 Å². The smallest absolute Gasteiger partial charge is 0.278 e. The fraction of sp³-hybridized carbons (Fsp3) is 0.381. The summed E-state index contributed by atoms with van der Waals surface area (Å²) >= 11 is 5.92. The van der Waals surface area contributed by atoms with Crippen LogP contribution in [0.1, 0.15) is 24.1 Å². The lowest BCUT2D eigenvalue weighted by Crippen LogP contribution is -3.13. The van der Waals surface area contributed by atoms with Crippen molar-refractivity contribution in [2.75, 3.05) is 32.7 Å². The number of carbonyl (C=O) groups is 1. The molecule has 1 aliphatic heterocycles. The fourth-order valence-corrected chi connectivity index (χ4v) is 3.60. The largest absolute Gasteiger partial charge is 0.333 e. The minimum Gasteiger partial charge on any atom is -0.333 e. The Morgan fingerprint density at radius 1 is 1.19 bits per heavy atom. The van der Waals surface area contributed by atoms with Gasteiger partial charge in [0.1, 0.15) is 18.4 Å². The summed E-state index contributed by atoms with van der Waals surface area (Å²) in [6, 6.07) is 14.9. The predicted octanol–water partition coefficient (Wildman–Crippen LogP) is 1.03. The Hall–Kier alpha value is -1.95. The van der Waals surface area contributed by atoms with Gasteiger partial charge in [-0.15, -0.1) is 0 Å². The molecule has 6 heteroatoms. The van der Waals surface area contributed by atoms with Gasteiger partial charge in [0.25, 0.3) is 5.91 Å². The minimum atomic E-state index is -0.144. The van der Waals surface area contributed by atoms with Gasteiger partial charge in [-0.1, -0.05) is 41.9 Å². The monoisotopic (exact) mass is 391 g/mol. The van der Waals surface area contributed by atoms with Gasteiger partial charge >= 0.3 is 0 Å². The highest BCUT2D eigenvalue weighted by molar-refractivity contribution is 6.30. The third-order valence-corrected chi connectivity index (χ3v) is 5.52. The maximum absolute atomic E-state index is 13.8. The van der Waals surface area contributed by atoms with Crippen molar-refractivity contribution < 1.29 is 19.4 Å². The van der Waals surface area contributed by atoms with Gasteiger partial charge in [0.05, 0.1) is 26.2 Å². The van der Waals surface area contributed by atoms with E-state index in [2.05, 4.69) is 12.2 Å². The number of nitrogens with two attached hydrogens (primary N) is 1. The quantitative estimate of drug-likeness (QED) is 0.758. The van der Waals surface area contributed by atoms with E-state index in [-0.39, 0.29) is 17.8 Å². The summed E-state index contributed by atoms with van der Waals surface area (Å²) in [5, 5.41) is 2.78. The number of quaternary nitrogens is 2. The summed E-state index contributed by atoms with van der Waals surface area (Å²) in [5.74, 6) is 0.0232. The van der Waals surface area contributed by atoms with E-state index >= 15 is 0 Å². The van der Waals surface area contributed by atoms with E-state index in [0.717, 1.165) is 42.3 Å². The lowest BCUT2D eigenvalue weighted by atomic mass is 10.1. The molecule has 27 heavy (non-hydrogen) atoms. The molecule has 0 radical (unpaired) electrons. The number of halogens is 2. The SMILES string of the molecule is C[C@H]([NH2+]CC(=O)N1CC[NH+](Cc2ccccc2F)CC1)c1ccc(Cl)cc1. The van der Waals surface area contributed by atoms with E-state index in [0.29, 0.717) is 13.1 Å². The second kappa shape index (κ2) is 9.31. The van der Waals surface area contributed by atoms with Crippen molar-refractivity contribution in [1.82, 2.24) is 4.90 Å². The molecule has 0 aromatic heterocycles. The van der Waals surface area contributed by atoms with Gasteiger partial charge in [-0.05, 0) is 25.1 Å². The van der Waals surface area contributed by atoms with Gasteiger partial charge in [0, 0.05) is 16.1 Å². The van der Waals surface area contributed by atoms with E-state index in [4.69, 9.17) is 11.6 Å². The highest BCUT2D eigenvalue weighted by Gasteiger charge is 2.25. The van der Waals surface area contributed by atoms with Crippen molar-refractivity contribution in [3.8, 4) is 0 Å². The zero-order valence-corrected chi connectivity index (χ0v) is 16.4. The number of rotatable bonds is 6. The minimum absolute atomic E-state index is 0.144. The Balaban J connectivity index is 1.43. The molecule has 1 saturated heterocycles. The molecule has 4 nitrogen and oxygen atoms in total. The first-order valence-corrected chi connectivity index (χ1v) is 9.84. The van der Waals surface area contributed by atoms with Crippen LogP contribution in [0, 0.1) is 5.82 Å².